The average Bonchev–Trinajstić information content (AvgIpc) is 3.17. The summed E-state index contributed by atoms with van der Waals surface area (Å²) in [5.41, 5.74) is -0.292. The zero-order chi connectivity index (χ0) is 44.6. The summed E-state index contributed by atoms with van der Waals surface area (Å²) in [5, 5.41) is 9.59. The summed E-state index contributed by atoms with van der Waals surface area (Å²) >= 11 is 0. The van der Waals surface area contributed by atoms with Crippen molar-refractivity contribution < 1.29 is 79.3 Å². The minimum absolute atomic E-state index is 0.0330. The van der Waals surface area contributed by atoms with Crippen LogP contribution in [0, 0.1) is 29.1 Å². The first kappa shape index (κ1) is 48.8. The molecule has 0 unspecified atom stereocenters. The molecule has 0 fully saturated rings. The van der Waals surface area contributed by atoms with Crippen LogP contribution in [0.15, 0.2) is 30.3 Å². The van der Waals surface area contributed by atoms with Gasteiger partial charge in [-0.25, -0.2) is 32.3 Å². The Morgan fingerprint density at radius 1 is 0.712 bits per heavy atom. The first-order valence-corrected chi connectivity index (χ1v) is 17.6. The predicted octanol–water partition coefficient (Wildman–Crippen LogP) is 1.87. The van der Waals surface area contributed by atoms with Crippen molar-refractivity contribution in [3.8, 4) is 5.75 Å². The van der Waals surface area contributed by atoms with E-state index in [0.29, 0.717) is 10.5 Å². The number of carbonyl (C=O) groups is 8. The van der Waals surface area contributed by atoms with Crippen molar-refractivity contribution in [3.05, 3.63) is 65.0 Å². The highest BCUT2D eigenvalue weighted by molar-refractivity contribution is 5.92. The van der Waals surface area contributed by atoms with E-state index in [1.165, 1.54) is 0 Å². The SMILES string of the molecule is COC(=O)[C@@H](CCC(=O)N(C)CC(=O)Oc1c(F)c(F)c(F)c(F)c1F)NC(=O)CCNC(=O)[C@H](Cc1ccccc1)NC(=O)C[C@@H](NC(=O)OC(C)(C)C)C(=O)OC. The number of carbonyl (C=O) groups excluding carboxylic acids is 8. The topological polar surface area (TPSA) is 225 Å². The van der Waals surface area contributed by atoms with Crippen LogP contribution in [0.5, 0.6) is 5.75 Å². The molecule has 2 rings (SSSR count). The lowest BCUT2D eigenvalue weighted by atomic mass is 10.0. The van der Waals surface area contributed by atoms with Crippen LogP contribution in [-0.4, -0.2) is 111 Å². The van der Waals surface area contributed by atoms with Gasteiger partial charge in [0.05, 0.1) is 20.6 Å². The van der Waals surface area contributed by atoms with Crippen molar-refractivity contribution in [2.75, 3.05) is 34.4 Å². The van der Waals surface area contributed by atoms with Gasteiger partial charge in [-0.3, -0.25) is 19.2 Å². The lowest BCUT2D eigenvalue weighted by Crippen LogP contribution is -2.51. The molecule has 4 N–H and O–H groups in total. The number of alkyl carbamates (subject to hydrolysis) is 1. The van der Waals surface area contributed by atoms with Crippen LogP contribution in [0.2, 0.25) is 0 Å². The van der Waals surface area contributed by atoms with Gasteiger partial charge in [0.1, 0.15) is 30.3 Å². The molecule has 22 heteroatoms. The number of hydrogen-bond donors (Lipinski definition) is 4. The fourth-order valence-electron chi connectivity index (χ4n) is 4.92. The molecule has 0 aromatic heterocycles. The molecule has 0 radical (unpaired) electrons. The third-order valence-corrected chi connectivity index (χ3v) is 7.80. The molecule has 0 saturated heterocycles. The van der Waals surface area contributed by atoms with Crippen molar-refractivity contribution in [2.45, 2.75) is 76.6 Å². The van der Waals surface area contributed by atoms with Crippen molar-refractivity contribution in [2.24, 2.45) is 0 Å². The fourth-order valence-corrected chi connectivity index (χ4v) is 4.92. The number of hydrogen-bond acceptors (Lipinski definition) is 12. The van der Waals surface area contributed by atoms with Gasteiger partial charge in [0.15, 0.2) is 0 Å². The molecule has 0 bridgehead atoms. The number of methoxy groups -OCH3 is 2. The molecule has 3 atom stereocenters. The summed E-state index contributed by atoms with van der Waals surface area (Å²) in [7, 11) is 3.07. The Kier molecular flexibility index (Phi) is 18.7. The Morgan fingerprint density at radius 3 is 1.81 bits per heavy atom. The quantitative estimate of drug-likeness (QED) is 0.0398. The van der Waals surface area contributed by atoms with Gasteiger partial charge in [0.25, 0.3) is 0 Å². The maximum Gasteiger partial charge on any atom is 0.408 e. The molecule has 17 nitrogen and oxygen atoms in total. The van der Waals surface area contributed by atoms with Crippen molar-refractivity contribution >= 4 is 47.6 Å². The third-order valence-electron chi connectivity index (χ3n) is 7.80. The number of likely N-dealkylation sites (N-methyl/N-ethyl adjacent to an activating group) is 1. The lowest BCUT2D eigenvalue weighted by Gasteiger charge is -2.23. The number of rotatable bonds is 19. The Morgan fingerprint density at radius 2 is 1.25 bits per heavy atom. The Balaban J connectivity index is 2.01. The monoisotopic (exact) mass is 845 g/mol. The number of esters is 3. The standard InChI is InChI=1S/C37H44F5N5O12/c1-37(2,3)59-36(55)46-22(35(54)57-6)17-24(49)45-21(16-19-10-8-7-9-11-19)33(52)43-15-14-23(48)44-20(34(53)56-5)12-13-25(50)47(4)18-26(51)58-32-30(41)28(39)27(38)29(40)31(32)42/h7-11,20-22H,12-18H2,1-6H3,(H,43,52)(H,44,48)(H,45,49)(H,46,55)/t20-,21+,22-/m1/s1. The molecule has 0 saturated carbocycles. The number of amides is 5. The van der Waals surface area contributed by atoms with Crippen LogP contribution in [0.1, 0.15) is 52.0 Å². The van der Waals surface area contributed by atoms with E-state index in [2.05, 4.69) is 35.5 Å². The fraction of sp³-hybridized carbons (Fsp3) is 0.459. The van der Waals surface area contributed by atoms with E-state index in [0.717, 1.165) is 21.3 Å². The predicted molar refractivity (Wildman–Crippen MR) is 192 cm³/mol. The van der Waals surface area contributed by atoms with Gasteiger partial charge < -0.3 is 45.1 Å². The van der Waals surface area contributed by atoms with Gasteiger partial charge in [-0.15, -0.1) is 0 Å². The average molecular weight is 846 g/mol. The zero-order valence-electron chi connectivity index (χ0n) is 32.8. The lowest BCUT2D eigenvalue weighted by molar-refractivity contribution is -0.146. The summed E-state index contributed by atoms with van der Waals surface area (Å²) in [6, 6.07) is 4.33. The largest absolute Gasteiger partial charge is 0.467 e. The van der Waals surface area contributed by atoms with Crippen LogP contribution >= 0.6 is 0 Å². The van der Waals surface area contributed by atoms with Gasteiger partial charge in [0, 0.05) is 32.9 Å². The molecule has 0 spiro atoms. The Bertz CT molecular complexity index is 1850. The van der Waals surface area contributed by atoms with Crippen LogP contribution in [-0.2, 0) is 54.2 Å². The van der Waals surface area contributed by atoms with Crippen LogP contribution in [0.3, 0.4) is 0 Å². The second-order valence-electron chi connectivity index (χ2n) is 13.6. The number of ether oxygens (including phenoxy) is 4. The molecule has 0 heterocycles. The summed E-state index contributed by atoms with van der Waals surface area (Å²) in [4.78, 5) is 102. The normalized spacial score (nSPS) is 12.5. The molecule has 5 amide bonds. The highest BCUT2D eigenvalue weighted by Crippen LogP contribution is 2.29. The van der Waals surface area contributed by atoms with E-state index < -0.39 is 138 Å². The van der Waals surface area contributed by atoms with Gasteiger partial charge in [0.2, 0.25) is 58.5 Å². The maximum atomic E-state index is 13.9. The zero-order valence-corrected chi connectivity index (χ0v) is 32.8. The molecule has 2 aromatic carbocycles. The van der Waals surface area contributed by atoms with Gasteiger partial charge >= 0.3 is 24.0 Å². The van der Waals surface area contributed by atoms with Gasteiger partial charge in [-0.05, 0) is 32.8 Å². The smallest absolute Gasteiger partial charge is 0.408 e. The highest BCUT2D eigenvalue weighted by atomic mass is 19.2. The van der Waals surface area contributed by atoms with Crippen LogP contribution in [0.25, 0.3) is 0 Å². The molecule has 2 aromatic rings. The molecule has 0 aliphatic heterocycles. The minimum atomic E-state index is -2.47. The van der Waals surface area contributed by atoms with Crippen molar-refractivity contribution in [3.63, 3.8) is 0 Å². The number of nitrogens with one attached hydrogen (secondary N) is 4. The van der Waals surface area contributed by atoms with Crippen molar-refractivity contribution in [1.29, 1.82) is 0 Å². The maximum absolute atomic E-state index is 13.9. The summed E-state index contributed by atoms with van der Waals surface area (Å²) in [6.45, 7) is 3.42. The Hall–Kier alpha value is -6.35. The first-order chi connectivity index (χ1) is 27.6. The summed E-state index contributed by atoms with van der Waals surface area (Å²) in [5.74, 6) is -20.6. The molecular weight excluding hydrogens is 801 g/mol. The van der Waals surface area contributed by atoms with E-state index >= 15 is 0 Å². The minimum Gasteiger partial charge on any atom is -0.467 e. The van der Waals surface area contributed by atoms with E-state index in [9.17, 15) is 60.3 Å². The molecular formula is C37H44F5N5O12. The first-order valence-electron chi connectivity index (χ1n) is 17.6. The molecule has 59 heavy (non-hydrogen) atoms. The van der Waals surface area contributed by atoms with E-state index in [4.69, 9.17) is 4.74 Å². The number of nitrogens with zero attached hydrogens (tertiary/aromatic N) is 1. The number of halogens is 5. The van der Waals surface area contributed by atoms with Gasteiger partial charge in [-0.1, -0.05) is 30.3 Å². The van der Waals surface area contributed by atoms with E-state index in [1.807, 2.05) is 0 Å². The van der Waals surface area contributed by atoms with Crippen LogP contribution in [0.4, 0.5) is 26.7 Å². The molecule has 324 valence electrons. The molecule has 0 aliphatic rings. The van der Waals surface area contributed by atoms with Gasteiger partial charge in [-0.2, -0.15) is 8.78 Å². The summed E-state index contributed by atoms with van der Waals surface area (Å²) < 4.78 is 86.7. The van der Waals surface area contributed by atoms with E-state index in [1.54, 1.807) is 51.1 Å². The Labute approximate surface area is 334 Å². The summed E-state index contributed by atoms with van der Waals surface area (Å²) in [6.07, 6.45) is -3.02. The van der Waals surface area contributed by atoms with Crippen LogP contribution < -0.4 is 26.0 Å². The number of benzene rings is 2. The second-order valence-corrected chi connectivity index (χ2v) is 13.6. The highest BCUT2D eigenvalue weighted by Gasteiger charge is 2.31. The third kappa shape index (κ3) is 15.8. The molecule has 0 aliphatic carbocycles. The van der Waals surface area contributed by atoms with Crippen molar-refractivity contribution in [1.82, 2.24) is 26.2 Å². The second kappa shape index (κ2) is 22.6. The van der Waals surface area contributed by atoms with E-state index in [-0.39, 0.29) is 13.0 Å².